The molecule has 2 fully saturated rings. The van der Waals surface area contributed by atoms with Gasteiger partial charge >= 0.3 is 5.97 Å². The fraction of sp³-hybridized carbons (Fsp3) is 0.904. The largest absolute Gasteiger partial charge is 0.466 e. The molecule has 0 aromatic heterocycles. The number of esters is 1. The van der Waals surface area contributed by atoms with Gasteiger partial charge in [0.2, 0.25) is 11.8 Å². The normalized spacial score (nSPS) is 15.1. The standard InChI is InChI=1S/C15H29NO2.C14H27NO2.C8H16O2.2C7H14O.CH4/c1-15(2,3)12-14(17)16-9-7-13(8-10-16)6-5-11-18-4;1-14(2,3)11-13(16)15-8-5-12(6-9-15)7-10-17-4;1-5-10-7(9)6-8(2,3)4;2*1-6(8)5-7(2,3)4;/h13H,5-12H2,1-4H3;12H,5-11H2,1-4H3;5-6H2,1-4H3;2*5H2,1-4H3;1H4. The lowest BCUT2D eigenvalue weighted by molar-refractivity contribution is -0.145. The van der Waals surface area contributed by atoms with E-state index in [1.165, 1.54) is 19.3 Å². The fourth-order valence-corrected chi connectivity index (χ4v) is 7.01. The summed E-state index contributed by atoms with van der Waals surface area (Å²) in [7, 11) is 3.51. The summed E-state index contributed by atoms with van der Waals surface area (Å²) in [5, 5.41) is 0. The molecule has 0 N–H and O–H groups in total. The zero-order valence-corrected chi connectivity index (χ0v) is 43.8. The zero-order valence-electron chi connectivity index (χ0n) is 43.8. The van der Waals surface area contributed by atoms with Crippen molar-refractivity contribution in [2.75, 3.05) is 60.2 Å². The summed E-state index contributed by atoms with van der Waals surface area (Å²) in [6.07, 6.45) is 11.3. The van der Waals surface area contributed by atoms with Crippen LogP contribution in [0.25, 0.3) is 0 Å². The van der Waals surface area contributed by atoms with E-state index in [4.69, 9.17) is 14.2 Å². The third-order valence-electron chi connectivity index (χ3n) is 9.53. The molecule has 0 saturated carbocycles. The highest BCUT2D eigenvalue weighted by molar-refractivity contribution is 5.77. The van der Waals surface area contributed by atoms with Crippen LogP contribution in [0.1, 0.15) is 209 Å². The van der Waals surface area contributed by atoms with Crippen molar-refractivity contribution >= 4 is 29.4 Å². The number of methoxy groups -OCH3 is 2. The number of Topliss-reactive ketones (excluding diaryl/α,β-unsaturated/α-hetero) is 2. The van der Waals surface area contributed by atoms with E-state index in [9.17, 15) is 24.0 Å². The van der Waals surface area contributed by atoms with E-state index < -0.39 is 0 Å². The summed E-state index contributed by atoms with van der Waals surface area (Å²) < 4.78 is 15.0. The van der Waals surface area contributed by atoms with Crippen LogP contribution in [-0.4, -0.2) is 99.4 Å². The van der Waals surface area contributed by atoms with Crippen LogP contribution in [0.3, 0.4) is 0 Å². The maximum absolute atomic E-state index is 12.1. The number of ketones is 2. The average molecular weight is 885 g/mol. The van der Waals surface area contributed by atoms with Gasteiger partial charge in [0.1, 0.15) is 11.6 Å². The predicted molar refractivity (Wildman–Crippen MR) is 261 cm³/mol. The van der Waals surface area contributed by atoms with Crippen molar-refractivity contribution in [3.63, 3.8) is 0 Å². The highest BCUT2D eigenvalue weighted by Crippen LogP contribution is 2.27. The van der Waals surface area contributed by atoms with E-state index in [1.54, 1.807) is 28.1 Å². The van der Waals surface area contributed by atoms with E-state index in [1.807, 2.05) is 32.6 Å². The number of carbonyl (C=O) groups excluding carboxylic acids is 5. The molecule has 2 saturated heterocycles. The Bertz CT molecular complexity index is 1170. The number of hydrogen-bond donors (Lipinski definition) is 0. The van der Waals surface area contributed by atoms with Gasteiger partial charge in [-0.15, -0.1) is 0 Å². The smallest absolute Gasteiger partial charge is 0.306 e. The molecule has 2 aliphatic rings. The summed E-state index contributed by atoms with van der Waals surface area (Å²) >= 11 is 0. The lowest BCUT2D eigenvalue weighted by atomic mass is 9.89. The maximum Gasteiger partial charge on any atom is 0.306 e. The van der Waals surface area contributed by atoms with Crippen molar-refractivity contribution < 1.29 is 38.2 Å². The molecule has 2 amide bonds. The highest BCUT2D eigenvalue weighted by Gasteiger charge is 2.27. The Morgan fingerprint density at radius 2 is 0.790 bits per heavy atom. The summed E-state index contributed by atoms with van der Waals surface area (Å²) in [6.45, 7) is 42.2. The topological polar surface area (TPSA) is 120 Å². The van der Waals surface area contributed by atoms with Gasteiger partial charge in [0.05, 0.1) is 13.0 Å². The molecule has 2 rings (SSSR count). The minimum Gasteiger partial charge on any atom is -0.466 e. The minimum absolute atomic E-state index is 0. The van der Waals surface area contributed by atoms with Crippen LogP contribution < -0.4 is 0 Å². The number of hydrogen-bond acceptors (Lipinski definition) is 8. The Balaban J connectivity index is -0.000000354. The Morgan fingerprint density at radius 3 is 1.03 bits per heavy atom. The lowest BCUT2D eigenvalue weighted by Crippen LogP contribution is -2.40. The summed E-state index contributed by atoms with van der Waals surface area (Å²) in [5.41, 5.74) is 0.598. The van der Waals surface area contributed by atoms with E-state index >= 15 is 0 Å². The van der Waals surface area contributed by atoms with E-state index in [2.05, 4.69) is 88.0 Å². The molecule has 62 heavy (non-hydrogen) atoms. The number of rotatable bonds is 13. The van der Waals surface area contributed by atoms with Gasteiger partial charge in [-0.1, -0.05) is 111 Å². The molecule has 0 aromatic carbocycles. The number of ether oxygens (including phenoxy) is 3. The third kappa shape index (κ3) is 47.2. The van der Waals surface area contributed by atoms with Gasteiger partial charge in [0.15, 0.2) is 0 Å². The first-order chi connectivity index (χ1) is 27.6. The van der Waals surface area contributed by atoms with E-state index in [0.29, 0.717) is 50.5 Å². The van der Waals surface area contributed by atoms with Gasteiger partial charge in [-0.25, -0.2) is 0 Å². The molecule has 0 unspecified atom stereocenters. The Kier molecular flexibility index (Phi) is 35.5. The molecule has 10 nitrogen and oxygen atoms in total. The minimum atomic E-state index is -0.102. The van der Waals surface area contributed by atoms with Crippen LogP contribution in [-0.2, 0) is 38.2 Å². The van der Waals surface area contributed by atoms with Crippen molar-refractivity contribution in [1.29, 1.82) is 0 Å². The van der Waals surface area contributed by atoms with Crippen LogP contribution in [0.5, 0.6) is 0 Å². The van der Waals surface area contributed by atoms with Crippen molar-refractivity contribution in [1.82, 2.24) is 9.80 Å². The van der Waals surface area contributed by atoms with Crippen LogP contribution in [0, 0.1) is 38.9 Å². The molecule has 0 bridgehead atoms. The molecule has 2 aliphatic heterocycles. The molecule has 0 spiro atoms. The second kappa shape index (κ2) is 33.2. The summed E-state index contributed by atoms with van der Waals surface area (Å²) in [5.74, 6) is 2.64. The number of piperidine rings is 2. The first kappa shape index (κ1) is 66.3. The highest BCUT2D eigenvalue weighted by atomic mass is 16.5. The van der Waals surface area contributed by atoms with Gasteiger partial charge in [0.25, 0.3) is 0 Å². The molecule has 0 aromatic rings. The van der Waals surface area contributed by atoms with Crippen molar-refractivity contribution in [3.05, 3.63) is 0 Å². The van der Waals surface area contributed by atoms with Gasteiger partial charge in [-0.3, -0.25) is 14.4 Å². The average Bonchev–Trinajstić information content (AvgIpc) is 3.05. The van der Waals surface area contributed by atoms with Crippen LogP contribution in [0.15, 0.2) is 0 Å². The van der Waals surface area contributed by atoms with E-state index in [0.717, 1.165) is 76.9 Å². The second-order valence-corrected chi connectivity index (χ2v) is 23.5. The molecule has 0 radical (unpaired) electrons. The molecule has 370 valence electrons. The number of nitrogens with zero attached hydrogens (tertiary/aromatic N) is 2. The summed E-state index contributed by atoms with van der Waals surface area (Å²) in [4.78, 5) is 60.0. The Morgan fingerprint density at radius 1 is 0.484 bits per heavy atom. The van der Waals surface area contributed by atoms with Gasteiger partial charge < -0.3 is 33.6 Å². The van der Waals surface area contributed by atoms with Crippen LogP contribution >= 0.6 is 0 Å². The van der Waals surface area contributed by atoms with Crippen LogP contribution in [0.2, 0.25) is 0 Å². The molecular formula is C52H104N2O8. The molecule has 0 atom stereocenters. The van der Waals surface area contributed by atoms with Gasteiger partial charge in [-0.2, -0.15) is 0 Å². The lowest BCUT2D eigenvalue weighted by Gasteiger charge is -2.33. The molecule has 0 aliphatic carbocycles. The van der Waals surface area contributed by atoms with Gasteiger partial charge in [0, 0.05) is 79.3 Å². The summed E-state index contributed by atoms with van der Waals surface area (Å²) in [6, 6.07) is 0. The number of likely N-dealkylation sites (tertiary alicyclic amines) is 2. The number of carbonyl (C=O) groups is 5. The zero-order chi connectivity index (χ0) is 48.3. The van der Waals surface area contributed by atoms with Gasteiger partial charge in [-0.05, 0) is 105 Å². The maximum atomic E-state index is 12.1. The van der Waals surface area contributed by atoms with Crippen molar-refractivity contribution in [3.8, 4) is 0 Å². The molecule has 10 heteroatoms. The quantitative estimate of drug-likeness (QED) is 0.132. The van der Waals surface area contributed by atoms with Crippen LogP contribution in [0.4, 0.5) is 0 Å². The first-order valence-electron chi connectivity index (χ1n) is 23.3. The van der Waals surface area contributed by atoms with Crippen molar-refractivity contribution in [2.24, 2.45) is 38.9 Å². The van der Waals surface area contributed by atoms with E-state index in [-0.39, 0.29) is 52.0 Å². The monoisotopic (exact) mass is 885 g/mol. The molecule has 2 heterocycles. The molecular weight excluding hydrogens is 781 g/mol. The fourth-order valence-electron chi connectivity index (χ4n) is 7.01. The SMILES string of the molecule is C.CC(=O)CC(C)(C)C.CC(=O)CC(C)(C)C.CCOC(=O)CC(C)(C)C.COCCC1CCN(C(=O)CC(C)(C)C)CC1.COCCCC1CCN(C(=O)CC(C)(C)C)CC1. The first-order valence-corrected chi connectivity index (χ1v) is 23.3. The number of amides is 2. The Hall–Kier alpha value is -2.33. The Labute approximate surface area is 384 Å². The predicted octanol–water partition coefficient (Wildman–Crippen LogP) is 12.4. The third-order valence-corrected chi connectivity index (χ3v) is 9.53. The second-order valence-electron chi connectivity index (χ2n) is 23.5. The van der Waals surface area contributed by atoms with Crippen molar-refractivity contribution in [2.45, 2.75) is 209 Å².